The van der Waals surface area contributed by atoms with Crippen molar-refractivity contribution in [1.82, 2.24) is 9.78 Å². The molecule has 1 aromatic heterocycles. The van der Waals surface area contributed by atoms with Gasteiger partial charge in [-0.15, -0.1) is 0 Å². The zero-order valence-electron chi connectivity index (χ0n) is 11.4. The molecule has 0 spiro atoms. The molecule has 2 fully saturated rings. The average molecular weight is 249 g/mol. The summed E-state index contributed by atoms with van der Waals surface area (Å²) >= 11 is 0. The van der Waals surface area contributed by atoms with Gasteiger partial charge in [0.25, 0.3) is 0 Å². The Morgan fingerprint density at radius 3 is 2.78 bits per heavy atom. The lowest BCUT2D eigenvalue weighted by molar-refractivity contribution is 0.121. The van der Waals surface area contributed by atoms with E-state index in [2.05, 4.69) is 28.9 Å². The van der Waals surface area contributed by atoms with Gasteiger partial charge in [-0.25, -0.2) is 0 Å². The van der Waals surface area contributed by atoms with Gasteiger partial charge in [0.05, 0.1) is 35.8 Å². The molecule has 1 N–H and O–H groups in total. The van der Waals surface area contributed by atoms with Crippen LogP contribution in [0, 0.1) is 6.92 Å². The smallest absolute Gasteiger partial charge is 0.0759 e. The third-order valence-electron chi connectivity index (χ3n) is 4.43. The molecule has 0 amide bonds. The van der Waals surface area contributed by atoms with Crippen molar-refractivity contribution >= 4 is 5.69 Å². The normalized spacial score (nSPS) is 29.0. The Labute approximate surface area is 109 Å². The van der Waals surface area contributed by atoms with Crippen molar-refractivity contribution in [3.63, 3.8) is 0 Å². The van der Waals surface area contributed by atoms with Crippen LogP contribution >= 0.6 is 0 Å². The van der Waals surface area contributed by atoms with Crippen LogP contribution in [0.3, 0.4) is 0 Å². The van der Waals surface area contributed by atoms with Crippen LogP contribution in [0.4, 0.5) is 5.69 Å². The van der Waals surface area contributed by atoms with Crippen molar-refractivity contribution in [2.75, 3.05) is 11.9 Å². The number of nitrogens with one attached hydrogen (secondary N) is 1. The molecule has 4 heteroatoms. The number of ether oxygens (including phenoxy) is 1. The van der Waals surface area contributed by atoms with Crippen LogP contribution in [0.5, 0.6) is 0 Å². The van der Waals surface area contributed by atoms with Gasteiger partial charge in [-0.1, -0.05) is 12.8 Å². The minimum atomic E-state index is 0.305. The second-order valence-corrected chi connectivity index (χ2v) is 5.64. The van der Waals surface area contributed by atoms with Gasteiger partial charge in [0.2, 0.25) is 0 Å². The quantitative estimate of drug-likeness (QED) is 0.895. The van der Waals surface area contributed by atoms with E-state index in [1.807, 2.05) is 6.20 Å². The maximum Gasteiger partial charge on any atom is 0.0759 e. The first-order valence-corrected chi connectivity index (χ1v) is 7.18. The van der Waals surface area contributed by atoms with Crippen LogP contribution in [-0.2, 0) is 4.74 Å². The number of anilines is 1. The van der Waals surface area contributed by atoms with Crippen LogP contribution in [0.25, 0.3) is 0 Å². The van der Waals surface area contributed by atoms with Crippen LogP contribution in [-0.4, -0.2) is 28.5 Å². The van der Waals surface area contributed by atoms with E-state index in [9.17, 15) is 0 Å². The zero-order valence-corrected chi connectivity index (χ0v) is 11.4. The van der Waals surface area contributed by atoms with Gasteiger partial charge < -0.3 is 10.1 Å². The summed E-state index contributed by atoms with van der Waals surface area (Å²) < 4.78 is 7.81. The van der Waals surface area contributed by atoms with Crippen LogP contribution in [0.2, 0.25) is 0 Å². The summed E-state index contributed by atoms with van der Waals surface area (Å²) in [6.07, 6.45) is 8.64. The minimum absolute atomic E-state index is 0.305. The lowest BCUT2D eigenvalue weighted by Gasteiger charge is -2.18. The summed E-state index contributed by atoms with van der Waals surface area (Å²) in [5.41, 5.74) is 2.46. The van der Waals surface area contributed by atoms with Gasteiger partial charge in [0.15, 0.2) is 0 Å². The fourth-order valence-corrected chi connectivity index (χ4v) is 3.20. The van der Waals surface area contributed by atoms with Gasteiger partial charge in [-0.05, 0) is 33.1 Å². The zero-order chi connectivity index (χ0) is 12.5. The molecule has 0 aromatic carbocycles. The number of hydrogen-bond acceptors (Lipinski definition) is 3. The second kappa shape index (κ2) is 4.92. The van der Waals surface area contributed by atoms with Crippen molar-refractivity contribution in [3.05, 3.63) is 11.9 Å². The number of nitrogens with zero attached hydrogens (tertiary/aromatic N) is 2. The SMILES string of the molecule is Cc1c(N[C@H]2CCO[C@@H]2C)cnn1C1CCCC1. The Kier molecular flexibility index (Phi) is 3.29. The van der Waals surface area contributed by atoms with Crippen molar-refractivity contribution in [3.8, 4) is 0 Å². The molecular weight excluding hydrogens is 226 g/mol. The van der Waals surface area contributed by atoms with E-state index < -0.39 is 0 Å². The fraction of sp³-hybridized carbons (Fsp3) is 0.786. The Bertz CT molecular complexity index is 409. The van der Waals surface area contributed by atoms with Crippen molar-refractivity contribution in [2.24, 2.45) is 0 Å². The monoisotopic (exact) mass is 249 g/mol. The van der Waals surface area contributed by atoms with Crippen LogP contribution in [0.1, 0.15) is 50.8 Å². The van der Waals surface area contributed by atoms with Crippen LogP contribution < -0.4 is 5.32 Å². The maximum absolute atomic E-state index is 5.59. The summed E-state index contributed by atoms with van der Waals surface area (Å²) in [7, 11) is 0. The van der Waals surface area contributed by atoms with Gasteiger partial charge in [0.1, 0.15) is 0 Å². The first-order valence-electron chi connectivity index (χ1n) is 7.18. The number of hydrogen-bond donors (Lipinski definition) is 1. The highest BCUT2D eigenvalue weighted by Crippen LogP contribution is 2.32. The highest BCUT2D eigenvalue weighted by molar-refractivity contribution is 5.47. The molecule has 100 valence electrons. The molecule has 1 aliphatic carbocycles. The maximum atomic E-state index is 5.59. The van der Waals surface area contributed by atoms with Gasteiger partial charge in [0, 0.05) is 6.61 Å². The fourth-order valence-electron chi connectivity index (χ4n) is 3.20. The highest BCUT2D eigenvalue weighted by atomic mass is 16.5. The molecule has 1 aromatic rings. The number of rotatable bonds is 3. The molecule has 0 unspecified atom stereocenters. The second-order valence-electron chi connectivity index (χ2n) is 5.64. The summed E-state index contributed by atoms with van der Waals surface area (Å²) in [5.74, 6) is 0. The predicted molar refractivity (Wildman–Crippen MR) is 71.9 cm³/mol. The third kappa shape index (κ3) is 2.14. The Morgan fingerprint density at radius 1 is 1.33 bits per heavy atom. The summed E-state index contributed by atoms with van der Waals surface area (Å²) in [4.78, 5) is 0. The molecular formula is C14H23N3O. The Hall–Kier alpha value is -1.03. The van der Waals surface area contributed by atoms with Gasteiger partial charge >= 0.3 is 0 Å². The topological polar surface area (TPSA) is 39.1 Å². The molecule has 3 rings (SSSR count). The van der Waals surface area contributed by atoms with Gasteiger partial charge in [-0.2, -0.15) is 5.10 Å². The standard InChI is InChI=1S/C14H23N3O/c1-10-14(16-13-7-8-18-11(13)2)9-15-17(10)12-5-3-4-6-12/h9,11-13,16H,3-8H2,1-2H3/t11-,13+/m1/s1. The van der Waals surface area contributed by atoms with Crippen LogP contribution in [0.15, 0.2) is 6.20 Å². The minimum Gasteiger partial charge on any atom is -0.377 e. The summed E-state index contributed by atoms with van der Waals surface area (Å²) in [5, 5.41) is 8.17. The molecule has 2 atom stereocenters. The molecule has 18 heavy (non-hydrogen) atoms. The Morgan fingerprint density at radius 2 is 2.11 bits per heavy atom. The lowest BCUT2D eigenvalue weighted by Crippen LogP contribution is -2.26. The van der Waals surface area contributed by atoms with E-state index in [1.54, 1.807) is 0 Å². The molecule has 2 heterocycles. The van der Waals surface area contributed by atoms with E-state index in [4.69, 9.17) is 4.74 Å². The van der Waals surface area contributed by atoms with Crippen molar-refractivity contribution in [2.45, 2.75) is 64.1 Å². The first-order chi connectivity index (χ1) is 8.75. The molecule has 1 saturated carbocycles. The van der Waals surface area contributed by atoms with Gasteiger partial charge in [-0.3, -0.25) is 4.68 Å². The molecule has 1 aliphatic heterocycles. The van der Waals surface area contributed by atoms with Crippen molar-refractivity contribution < 1.29 is 4.74 Å². The van der Waals surface area contributed by atoms with E-state index in [0.717, 1.165) is 13.0 Å². The van der Waals surface area contributed by atoms with E-state index in [-0.39, 0.29) is 0 Å². The average Bonchev–Trinajstić information content (AvgIpc) is 3.05. The summed E-state index contributed by atoms with van der Waals surface area (Å²) in [6.45, 7) is 5.18. The largest absolute Gasteiger partial charge is 0.377 e. The summed E-state index contributed by atoms with van der Waals surface area (Å²) in [6, 6.07) is 1.06. The van der Waals surface area contributed by atoms with E-state index >= 15 is 0 Å². The molecule has 4 nitrogen and oxygen atoms in total. The molecule has 1 saturated heterocycles. The van der Waals surface area contributed by atoms with E-state index in [1.165, 1.54) is 37.1 Å². The predicted octanol–water partition coefficient (Wildman–Crippen LogP) is 2.90. The molecule has 0 radical (unpaired) electrons. The van der Waals surface area contributed by atoms with E-state index in [0.29, 0.717) is 18.2 Å². The highest BCUT2D eigenvalue weighted by Gasteiger charge is 2.26. The van der Waals surface area contributed by atoms with Crippen molar-refractivity contribution in [1.29, 1.82) is 0 Å². The number of aromatic nitrogens is 2. The molecule has 0 bridgehead atoms. The Balaban J connectivity index is 1.72. The third-order valence-corrected chi connectivity index (χ3v) is 4.43. The molecule has 2 aliphatic rings. The lowest BCUT2D eigenvalue weighted by atomic mass is 10.1. The first kappa shape index (κ1) is 12.0.